The highest BCUT2D eigenvalue weighted by molar-refractivity contribution is 7.99. The molecule has 0 aromatic heterocycles. The van der Waals surface area contributed by atoms with Crippen LogP contribution >= 0.6 is 11.8 Å². The molecule has 1 aliphatic rings. The van der Waals surface area contributed by atoms with Crippen molar-refractivity contribution in [3.8, 4) is 0 Å². The van der Waals surface area contributed by atoms with Crippen molar-refractivity contribution in [2.75, 3.05) is 18.1 Å². The zero-order chi connectivity index (χ0) is 15.5. The number of aliphatic hydroxyl groups excluding tert-OH is 1. The molecule has 0 radical (unpaired) electrons. The number of nitrogens with zero attached hydrogens (tertiary/aromatic N) is 1. The smallest absolute Gasteiger partial charge is 0.225 e. The van der Waals surface area contributed by atoms with Crippen LogP contribution in [0.3, 0.4) is 0 Å². The molecule has 4 heteroatoms. The molecule has 0 aromatic carbocycles. The number of aliphatic hydroxyl groups is 1. The van der Waals surface area contributed by atoms with Gasteiger partial charge in [0.15, 0.2) is 0 Å². The number of carbonyl (C=O) groups is 1. The summed E-state index contributed by atoms with van der Waals surface area (Å²) in [5.74, 6) is 2.62. The Bertz CT molecular complexity index is 320. The number of carbonyl (C=O) groups excluding carboxylic acids is 1. The van der Waals surface area contributed by atoms with Crippen molar-refractivity contribution < 1.29 is 9.90 Å². The molecule has 0 aromatic rings. The lowest BCUT2D eigenvalue weighted by molar-refractivity contribution is -0.143. The van der Waals surface area contributed by atoms with Crippen LogP contribution in [-0.4, -0.2) is 46.1 Å². The highest BCUT2D eigenvalue weighted by Gasteiger charge is 2.33. The molecule has 0 saturated carbocycles. The Hall–Kier alpha value is -0.480. The third-order valence-corrected chi connectivity index (χ3v) is 4.89. The monoisotopic (exact) mass is 313 g/mol. The molecule has 1 heterocycles. The van der Waals surface area contributed by atoms with Gasteiger partial charge in [0.2, 0.25) is 5.91 Å². The van der Waals surface area contributed by atoms with Crippen LogP contribution in [0.15, 0.2) is 12.2 Å². The summed E-state index contributed by atoms with van der Waals surface area (Å²) in [4.78, 5) is 13.6. The van der Waals surface area contributed by atoms with Gasteiger partial charge < -0.3 is 10.0 Å². The summed E-state index contributed by atoms with van der Waals surface area (Å²) in [7, 11) is 0. The van der Waals surface area contributed by atoms with Gasteiger partial charge in [-0.05, 0) is 30.8 Å². The van der Waals surface area contributed by atoms with Gasteiger partial charge in [-0.25, -0.2) is 0 Å². The van der Waals surface area contributed by atoms with Gasteiger partial charge in [-0.3, -0.25) is 4.79 Å². The largest absolute Gasteiger partial charge is 0.389 e. The van der Waals surface area contributed by atoms with E-state index in [1.54, 1.807) is 0 Å². The van der Waals surface area contributed by atoms with E-state index in [1.165, 1.54) is 30.8 Å². The van der Waals surface area contributed by atoms with Crippen LogP contribution in [-0.2, 0) is 4.79 Å². The van der Waals surface area contributed by atoms with Gasteiger partial charge in [-0.2, -0.15) is 11.8 Å². The van der Waals surface area contributed by atoms with Crippen molar-refractivity contribution in [3.63, 3.8) is 0 Å². The van der Waals surface area contributed by atoms with E-state index in [4.69, 9.17) is 0 Å². The molecule has 1 N–H and O–H groups in total. The van der Waals surface area contributed by atoms with E-state index >= 15 is 0 Å². The van der Waals surface area contributed by atoms with Crippen molar-refractivity contribution in [2.45, 2.75) is 70.9 Å². The maximum absolute atomic E-state index is 11.6. The number of rotatable bonds is 12. The van der Waals surface area contributed by atoms with Crippen LogP contribution < -0.4 is 0 Å². The lowest BCUT2D eigenvalue weighted by atomic mass is 9.99. The third kappa shape index (κ3) is 7.37. The molecule has 2 atom stereocenters. The molecule has 0 bridgehead atoms. The first-order valence-electron chi connectivity index (χ1n) is 8.42. The first-order valence-corrected chi connectivity index (χ1v) is 9.58. The summed E-state index contributed by atoms with van der Waals surface area (Å²) in [5, 5.41) is 9.88. The van der Waals surface area contributed by atoms with Gasteiger partial charge in [0.25, 0.3) is 0 Å². The van der Waals surface area contributed by atoms with Crippen molar-refractivity contribution in [1.82, 2.24) is 4.90 Å². The van der Waals surface area contributed by atoms with Gasteiger partial charge in [-0.1, -0.05) is 45.3 Å². The van der Waals surface area contributed by atoms with Gasteiger partial charge in [0, 0.05) is 6.54 Å². The number of unbranched alkanes of at least 4 members (excludes halogenated alkanes) is 3. The van der Waals surface area contributed by atoms with Gasteiger partial charge in [-0.15, -0.1) is 0 Å². The Balaban J connectivity index is 2.20. The molecule has 1 saturated heterocycles. The van der Waals surface area contributed by atoms with E-state index in [1.807, 2.05) is 28.8 Å². The second kappa shape index (κ2) is 11.1. The zero-order valence-corrected chi connectivity index (χ0v) is 14.4. The summed E-state index contributed by atoms with van der Waals surface area (Å²) in [6.07, 6.45) is 10.7. The van der Waals surface area contributed by atoms with Crippen molar-refractivity contribution in [3.05, 3.63) is 12.2 Å². The molecule has 1 fully saturated rings. The fraction of sp³-hybridized carbons (Fsp3) is 0.824. The second-order valence-electron chi connectivity index (χ2n) is 5.71. The number of hydrogen-bond donors (Lipinski definition) is 1. The molecule has 0 aliphatic carbocycles. The Kier molecular flexibility index (Phi) is 9.85. The minimum atomic E-state index is -0.352. The van der Waals surface area contributed by atoms with Crippen molar-refractivity contribution in [1.29, 1.82) is 0 Å². The number of thioether (sulfide) groups is 1. The first-order chi connectivity index (χ1) is 10.2. The molecule has 3 nitrogen and oxygen atoms in total. The quantitative estimate of drug-likeness (QED) is 0.340. The molecule has 1 rings (SSSR count). The van der Waals surface area contributed by atoms with Crippen LogP contribution in [0.2, 0.25) is 0 Å². The predicted molar refractivity (Wildman–Crippen MR) is 91.6 cm³/mol. The standard InChI is InChI=1S/C17H31NO2S/c1-3-5-6-9-16(19)11-10-15-14-17(20)18(15)12-7-8-13-21-4-2/h10-11,15-16,19H,3-9,12-14H2,1-2H3/b11-10+. The SMILES string of the molecule is CCCCCC(O)/C=C/C1CC(=O)N1CCCCSCC. The highest BCUT2D eigenvalue weighted by atomic mass is 32.2. The maximum atomic E-state index is 11.6. The summed E-state index contributed by atoms with van der Waals surface area (Å²) in [6, 6.07) is 0.220. The summed E-state index contributed by atoms with van der Waals surface area (Å²) >= 11 is 1.96. The fourth-order valence-electron chi connectivity index (χ4n) is 2.53. The maximum Gasteiger partial charge on any atom is 0.225 e. The highest BCUT2D eigenvalue weighted by Crippen LogP contribution is 2.21. The van der Waals surface area contributed by atoms with Crippen LogP contribution in [0.25, 0.3) is 0 Å². The predicted octanol–water partition coefficient (Wildman–Crippen LogP) is 3.62. The molecule has 1 amide bonds. The minimum Gasteiger partial charge on any atom is -0.389 e. The van der Waals surface area contributed by atoms with E-state index < -0.39 is 0 Å². The fourth-order valence-corrected chi connectivity index (χ4v) is 3.23. The Morgan fingerprint density at radius 1 is 1.33 bits per heavy atom. The molecular weight excluding hydrogens is 282 g/mol. The van der Waals surface area contributed by atoms with E-state index in [0.717, 1.165) is 25.8 Å². The van der Waals surface area contributed by atoms with Crippen LogP contribution in [0.5, 0.6) is 0 Å². The van der Waals surface area contributed by atoms with Crippen LogP contribution in [0.4, 0.5) is 0 Å². The average molecular weight is 314 g/mol. The van der Waals surface area contributed by atoms with Gasteiger partial charge in [0.1, 0.15) is 0 Å². The number of likely N-dealkylation sites (tertiary alicyclic amines) is 1. The van der Waals surface area contributed by atoms with Gasteiger partial charge in [0.05, 0.1) is 18.6 Å². The van der Waals surface area contributed by atoms with E-state index in [0.29, 0.717) is 6.42 Å². The van der Waals surface area contributed by atoms with E-state index in [9.17, 15) is 9.90 Å². The second-order valence-corrected chi connectivity index (χ2v) is 7.10. The van der Waals surface area contributed by atoms with Crippen LogP contribution in [0.1, 0.15) is 58.8 Å². The molecular formula is C17H31NO2S. The summed E-state index contributed by atoms with van der Waals surface area (Å²) < 4.78 is 0. The average Bonchev–Trinajstić information content (AvgIpc) is 2.47. The number of amides is 1. The lowest BCUT2D eigenvalue weighted by Crippen LogP contribution is -2.51. The zero-order valence-electron chi connectivity index (χ0n) is 13.6. The minimum absolute atomic E-state index is 0.220. The molecule has 122 valence electrons. The topological polar surface area (TPSA) is 40.5 Å². The van der Waals surface area contributed by atoms with Crippen LogP contribution in [0, 0.1) is 0 Å². The molecule has 0 spiro atoms. The Morgan fingerprint density at radius 3 is 2.81 bits per heavy atom. The van der Waals surface area contributed by atoms with E-state index in [2.05, 4.69) is 13.8 Å². The molecule has 21 heavy (non-hydrogen) atoms. The third-order valence-electron chi connectivity index (χ3n) is 3.91. The number of hydrogen-bond acceptors (Lipinski definition) is 3. The van der Waals surface area contributed by atoms with Crippen molar-refractivity contribution >= 4 is 17.7 Å². The van der Waals surface area contributed by atoms with E-state index in [-0.39, 0.29) is 18.1 Å². The first kappa shape index (κ1) is 18.6. The van der Waals surface area contributed by atoms with Crippen molar-refractivity contribution in [2.24, 2.45) is 0 Å². The molecule has 1 aliphatic heterocycles. The normalized spacial score (nSPS) is 20.0. The number of β-lactam (4-membered cyclic amide) rings is 1. The van der Waals surface area contributed by atoms with Gasteiger partial charge >= 0.3 is 0 Å². The Morgan fingerprint density at radius 2 is 2.14 bits per heavy atom. The Labute approximate surface area is 134 Å². The summed E-state index contributed by atoms with van der Waals surface area (Å²) in [6.45, 7) is 5.21. The molecule has 2 unspecified atom stereocenters. The lowest BCUT2D eigenvalue weighted by Gasteiger charge is -2.39. The summed E-state index contributed by atoms with van der Waals surface area (Å²) in [5.41, 5.74) is 0.